The number of hydrogen-bond acceptors (Lipinski definition) is 5. The third kappa shape index (κ3) is 4.33. The van der Waals surface area contributed by atoms with Crippen molar-refractivity contribution in [2.75, 3.05) is 6.61 Å². The predicted octanol–water partition coefficient (Wildman–Crippen LogP) is 4.00. The van der Waals surface area contributed by atoms with Gasteiger partial charge in [-0.1, -0.05) is 0 Å². The zero-order valence-corrected chi connectivity index (χ0v) is 15.1. The van der Waals surface area contributed by atoms with Crippen molar-refractivity contribution >= 4 is 17.0 Å². The molecule has 136 valence electrons. The molecule has 0 saturated carbocycles. The number of carbonyl (C=O) groups excluding carboxylic acids is 1. The zero-order valence-electron chi connectivity index (χ0n) is 15.1. The molecule has 0 saturated heterocycles. The van der Waals surface area contributed by atoms with Gasteiger partial charge in [-0.05, 0) is 50.2 Å². The fourth-order valence-corrected chi connectivity index (χ4v) is 2.61. The van der Waals surface area contributed by atoms with E-state index in [1.807, 2.05) is 56.3 Å². The number of pyridine rings is 1. The fraction of sp³-hybridized carbons (Fsp3) is 0.300. The largest absolute Gasteiger partial charge is 0.494 e. The fourth-order valence-electron chi connectivity index (χ4n) is 2.61. The van der Waals surface area contributed by atoms with Gasteiger partial charge in [-0.25, -0.2) is 4.98 Å². The molecule has 1 aromatic carbocycles. The molecule has 0 bridgehead atoms. The van der Waals surface area contributed by atoms with Gasteiger partial charge in [-0.15, -0.1) is 0 Å². The Bertz CT molecular complexity index is 886. The van der Waals surface area contributed by atoms with E-state index in [0.29, 0.717) is 24.6 Å². The van der Waals surface area contributed by atoms with Crippen LogP contribution in [0.25, 0.3) is 11.1 Å². The lowest BCUT2D eigenvalue weighted by atomic mass is 10.2. The highest BCUT2D eigenvalue weighted by atomic mass is 16.5. The Morgan fingerprint density at radius 2 is 1.85 bits per heavy atom. The Morgan fingerprint density at radius 1 is 1.15 bits per heavy atom. The maximum Gasteiger partial charge on any atom is 0.217 e. The molecule has 6 nitrogen and oxygen atoms in total. The lowest BCUT2D eigenvalue weighted by Gasteiger charge is -2.07. The van der Waals surface area contributed by atoms with Crippen LogP contribution in [0, 0.1) is 0 Å². The number of ether oxygens (including phenoxy) is 2. The van der Waals surface area contributed by atoms with Crippen LogP contribution in [0.15, 0.2) is 46.9 Å². The summed E-state index contributed by atoms with van der Waals surface area (Å²) in [5.41, 5.74) is 2.22. The average Bonchev–Trinajstić information content (AvgIpc) is 3.04. The molecule has 1 unspecified atom stereocenters. The second-order valence-corrected chi connectivity index (χ2v) is 5.95. The number of hydrogen-bond donors (Lipinski definition) is 1. The van der Waals surface area contributed by atoms with E-state index in [0.717, 1.165) is 22.7 Å². The molecule has 2 heterocycles. The second kappa shape index (κ2) is 7.91. The predicted molar refractivity (Wildman–Crippen MR) is 98.2 cm³/mol. The number of nitrogens with one attached hydrogen (secondary N) is 1. The first-order valence-electron chi connectivity index (χ1n) is 8.57. The van der Waals surface area contributed by atoms with Crippen LogP contribution in [0.4, 0.5) is 0 Å². The molecule has 0 radical (unpaired) electrons. The van der Waals surface area contributed by atoms with E-state index in [2.05, 4.69) is 10.3 Å². The summed E-state index contributed by atoms with van der Waals surface area (Å²) < 4.78 is 16.9. The van der Waals surface area contributed by atoms with Crippen LogP contribution in [0.5, 0.6) is 11.5 Å². The number of rotatable bonds is 7. The van der Waals surface area contributed by atoms with E-state index in [9.17, 15) is 4.79 Å². The van der Waals surface area contributed by atoms with Crippen LogP contribution in [-0.4, -0.2) is 17.5 Å². The number of amides is 1. The minimum absolute atomic E-state index is 0.102. The van der Waals surface area contributed by atoms with Gasteiger partial charge in [0.1, 0.15) is 29.4 Å². The van der Waals surface area contributed by atoms with Gasteiger partial charge in [0.2, 0.25) is 5.91 Å². The van der Waals surface area contributed by atoms with Crippen molar-refractivity contribution in [1.82, 2.24) is 10.3 Å². The van der Waals surface area contributed by atoms with Gasteiger partial charge in [-0.3, -0.25) is 4.79 Å². The zero-order chi connectivity index (χ0) is 18.5. The normalized spacial score (nSPS) is 12.0. The lowest BCUT2D eigenvalue weighted by Crippen LogP contribution is -2.23. The molecule has 0 fully saturated rings. The Balaban J connectivity index is 1.67. The van der Waals surface area contributed by atoms with Gasteiger partial charge in [-0.2, -0.15) is 0 Å². The van der Waals surface area contributed by atoms with Crippen LogP contribution in [0.2, 0.25) is 0 Å². The van der Waals surface area contributed by atoms with Gasteiger partial charge in [0.25, 0.3) is 0 Å². The second-order valence-electron chi connectivity index (χ2n) is 5.95. The quantitative estimate of drug-likeness (QED) is 0.694. The number of nitrogens with zero attached hydrogens (tertiary/aromatic N) is 1. The number of fused-ring (bicyclic) bond motifs is 1. The summed E-state index contributed by atoms with van der Waals surface area (Å²) in [6.07, 6.45) is 0. The van der Waals surface area contributed by atoms with Crippen LogP contribution < -0.4 is 14.8 Å². The standard InChI is InChI=1S/C20H22N2O4/c1-4-24-16-6-8-17(9-7-16)25-12-15-5-10-19-18(22-15)11-20(26-19)13(2)21-14(3)23/h5-11,13H,4,12H2,1-3H3,(H,21,23). The Kier molecular flexibility index (Phi) is 5.41. The molecule has 0 spiro atoms. The van der Waals surface area contributed by atoms with Crippen molar-refractivity contribution in [3.8, 4) is 11.5 Å². The van der Waals surface area contributed by atoms with Crippen molar-refractivity contribution in [1.29, 1.82) is 0 Å². The van der Waals surface area contributed by atoms with Crippen LogP contribution in [-0.2, 0) is 11.4 Å². The van der Waals surface area contributed by atoms with Crippen molar-refractivity contribution in [3.63, 3.8) is 0 Å². The first-order chi connectivity index (χ1) is 12.5. The Morgan fingerprint density at radius 3 is 2.50 bits per heavy atom. The van der Waals surface area contributed by atoms with Gasteiger partial charge < -0.3 is 19.2 Å². The van der Waals surface area contributed by atoms with Crippen molar-refractivity contribution in [2.45, 2.75) is 33.4 Å². The molecule has 6 heteroatoms. The van der Waals surface area contributed by atoms with Crippen LogP contribution in [0.1, 0.15) is 38.3 Å². The highest BCUT2D eigenvalue weighted by Crippen LogP contribution is 2.24. The molecular formula is C20H22N2O4. The topological polar surface area (TPSA) is 73.6 Å². The number of aromatic nitrogens is 1. The molecule has 0 aliphatic heterocycles. The summed E-state index contributed by atoms with van der Waals surface area (Å²) >= 11 is 0. The molecule has 1 amide bonds. The molecule has 1 atom stereocenters. The SMILES string of the molecule is CCOc1ccc(OCc2ccc3oc(C(C)NC(C)=O)cc3n2)cc1. The third-order valence-corrected chi connectivity index (χ3v) is 3.82. The number of furan rings is 1. The Labute approximate surface area is 152 Å². The molecule has 26 heavy (non-hydrogen) atoms. The minimum atomic E-state index is -0.203. The van der Waals surface area contributed by atoms with E-state index in [4.69, 9.17) is 13.9 Å². The molecule has 1 N–H and O–H groups in total. The maximum absolute atomic E-state index is 11.2. The summed E-state index contributed by atoms with van der Waals surface area (Å²) in [5, 5.41) is 2.80. The number of benzene rings is 1. The summed E-state index contributed by atoms with van der Waals surface area (Å²) in [7, 11) is 0. The van der Waals surface area contributed by atoms with E-state index in [1.165, 1.54) is 6.92 Å². The van der Waals surface area contributed by atoms with E-state index in [-0.39, 0.29) is 11.9 Å². The maximum atomic E-state index is 11.2. The molecule has 2 aromatic heterocycles. The molecule has 3 rings (SSSR count). The Hall–Kier alpha value is -3.02. The van der Waals surface area contributed by atoms with Gasteiger partial charge in [0.05, 0.1) is 18.3 Å². The molecule has 3 aromatic rings. The van der Waals surface area contributed by atoms with E-state index < -0.39 is 0 Å². The number of carbonyl (C=O) groups is 1. The third-order valence-electron chi connectivity index (χ3n) is 3.82. The first-order valence-corrected chi connectivity index (χ1v) is 8.57. The van der Waals surface area contributed by atoms with Crippen molar-refractivity contribution in [3.05, 3.63) is 53.9 Å². The van der Waals surface area contributed by atoms with Gasteiger partial charge in [0, 0.05) is 13.0 Å². The smallest absolute Gasteiger partial charge is 0.217 e. The van der Waals surface area contributed by atoms with Gasteiger partial charge >= 0.3 is 0 Å². The monoisotopic (exact) mass is 354 g/mol. The van der Waals surface area contributed by atoms with Crippen LogP contribution in [0.3, 0.4) is 0 Å². The minimum Gasteiger partial charge on any atom is -0.494 e. The van der Waals surface area contributed by atoms with Gasteiger partial charge in [0.15, 0.2) is 5.58 Å². The molecule has 0 aliphatic carbocycles. The summed E-state index contributed by atoms with van der Waals surface area (Å²) in [5.74, 6) is 2.14. The lowest BCUT2D eigenvalue weighted by molar-refractivity contribution is -0.119. The first kappa shape index (κ1) is 17.8. The van der Waals surface area contributed by atoms with E-state index in [1.54, 1.807) is 0 Å². The molecule has 0 aliphatic rings. The van der Waals surface area contributed by atoms with Crippen molar-refractivity contribution in [2.24, 2.45) is 0 Å². The molecular weight excluding hydrogens is 332 g/mol. The average molecular weight is 354 g/mol. The summed E-state index contributed by atoms with van der Waals surface area (Å²) in [4.78, 5) is 15.7. The van der Waals surface area contributed by atoms with Crippen molar-refractivity contribution < 1.29 is 18.7 Å². The summed E-state index contributed by atoms with van der Waals surface area (Å²) in [6.45, 7) is 6.29. The van der Waals surface area contributed by atoms with E-state index >= 15 is 0 Å². The van der Waals surface area contributed by atoms with Crippen LogP contribution >= 0.6 is 0 Å². The highest BCUT2D eigenvalue weighted by molar-refractivity contribution is 5.75. The highest BCUT2D eigenvalue weighted by Gasteiger charge is 2.13. The summed E-state index contributed by atoms with van der Waals surface area (Å²) in [6, 6.07) is 12.9.